The number of amides is 1. The molecule has 134 valence electrons. The number of hydrogen-bond acceptors (Lipinski definition) is 4. The van der Waals surface area contributed by atoms with Crippen LogP contribution < -0.4 is 5.32 Å². The lowest BCUT2D eigenvalue weighted by Crippen LogP contribution is -2.13. The average molecular weight is 374 g/mol. The van der Waals surface area contributed by atoms with Crippen molar-refractivity contribution in [3.05, 3.63) is 65.2 Å². The fourth-order valence-electron chi connectivity index (χ4n) is 2.30. The van der Waals surface area contributed by atoms with E-state index in [2.05, 4.69) is 15.5 Å². The Kier molecular flexibility index (Phi) is 5.33. The maximum absolute atomic E-state index is 12.2. The van der Waals surface area contributed by atoms with Gasteiger partial charge in [0.25, 0.3) is 5.91 Å². The normalized spacial score (nSPS) is 10.7. The van der Waals surface area contributed by atoms with E-state index in [4.69, 9.17) is 16.7 Å². The number of halogens is 1. The van der Waals surface area contributed by atoms with E-state index in [0.29, 0.717) is 17.3 Å². The molecule has 0 bridgehead atoms. The zero-order valence-electron chi connectivity index (χ0n) is 13.7. The second-order valence-corrected chi connectivity index (χ2v) is 6.05. The van der Waals surface area contributed by atoms with Crippen LogP contribution in [0.2, 0.25) is 5.02 Å². The SMILES string of the molecule is O=C(O)CCn1ccc(C(=O)Nc2cnn(Cc3ccc(Cl)cc3)c2)n1. The van der Waals surface area contributed by atoms with Gasteiger partial charge in [-0.3, -0.25) is 19.0 Å². The minimum absolute atomic E-state index is 0.0553. The van der Waals surface area contributed by atoms with Crippen molar-refractivity contribution in [1.82, 2.24) is 19.6 Å². The van der Waals surface area contributed by atoms with Gasteiger partial charge in [0, 0.05) is 17.4 Å². The number of benzene rings is 1. The van der Waals surface area contributed by atoms with Crippen molar-refractivity contribution in [2.24, 2.45) is 0 Å². The Balaban J connectivity index is 1.59. The minimum Gasteiger partial charge on any atom is -0.481 e. The van der Waals surface area contributed by atoms with Crippen LogP contribution in [0.5, 0.6) is 0 Å². The number of carbonyl (C=O) groups excluding carboxylic acids is 1. The topological polar surface area (TPSA) is 102 Å². The zero-order valence-corrected chi connectivity index (χ0v) is 14.4. The lowest BCUT2D eigenvalue weighted by atomic mass is 10.2. The molecule has 1 aromatic carbocycles. The molecule has 0 radical (unpaired) electrons. The highest BCUT2D eigenvalue weighted by Crippen LogP contribution is 2.12. The van der Waals surface area contributed by atoms with Crippen LogP contribution in [0.3, 0.4) is 0 Å². The highest BCUT2D eigenvalue weighted by atomic mass is 35.5. The van der Waals surface area contributed by atoms with E-state index in [1.54, 1.807) is 23.3 Å². The summed E-state index contributed by atoms with van der Waals surface area (Å²) in [5.41, 5.74) is 1.79. The van der Waals surface area contributed by atoms with Gasteiger partial charge in [-0.1, -0.05) is 23.7 Å². The molecule has 0 atom stereocenters. The number of carbonyl (C=O) groups is 2. The molecule has 0 aliphatic carbocycles. The number of nitrogens with one attached hydrogen (secondary N) is 1. The number of hydrogen-bond donors (Lipinski definition) is 2. The Morgan fingerprint density at radius 3 is 2.65 bits per heavy atom. The number of nitrogens with zero attached hydrogens (tertiary/aromatic N) is 4. The van der Waals surface area contributed by atoms with E-state index in [-0.39, 0.29) is 24.6 Å². The summed E-state index contributed by atoms with van der Waals surface area (Å²) in [7, 11) is 0. The highest BCUT2D eigenvalue weighted by Gasteiger charge is 2.11. The molecule has 0 saturated carbocycles. The van der Waals surface area contributed by atoms with Crippen LogP contribution in [-0.2, 0) is 17.9 Å². The van der Waals surface area contributed by atoms with Crippen molar-refractivity contribution in [2.45, 2.75) is 19.5 Å². The second kappa shape index (κ2) is 7.83. The van der Waals surface area contributed by atoms with Gasteiger partial charge in [-0.15, -0.1) is 0 Å². The first-order valence-electron chi connectivity index (χ1n) is 7.83. The number of aryl methyl sites for hydroxylation is 1. The number of carboxylic acid groups (broad SMARTS) is 1. The van der Waals surface area contributed by atoms with E-state index in [0.717, 1.165) is 5.56 Å². The minimum atomic E-state index is -0.917. The number of carboxylic acids is 1. The average Bonchev–Trinajstić information content (AvgIpc) is 3.24. The van der Waals surface area contributed by atoms with Gasteiger partial charge in [0.1, 0.15) is 0 Å². The molecule has 1 amide bonds. The van der Waals surface area contributed by atoms with Crippen molar-refractivity contribution in [1.29, 1.82) is 0 Å². The Morgan fingerprint density at radius 2 is 1.92 bits per heavy atom. The van der Waals surface area contributed by atoms with Gasteiger partial charge in [0.05, 0.1) is 31.4 Å². The molecule has 26 heavy (non-hydrogen) atoms. The fourth-order valence-corrected chi connectivity index (χ4v) is 2.43. The molecular weight excluding hydrogens is 358 g/mol. The van der Waals surface area contributed by atoms with E-state index in [1.807, 2.05) is 24.3 Å². The van der Waals surface area contributed by atoms with Crippen molar-refractivity contribution < 1.29 is 14.7 Å². The van der Waals surface area contributed by atoms with Crippen LogP contribution in [0.4, 0.5) is 5.69 Å². The van der Waals surface area contributed by atoms with Crippen molar-refractivity contribution in [3.63, 3.8) is 0 Å². The molecule has 0 aliphatic rings. The smallest absolute Gasteiger partial charge is 0.305 e. The lowest BCUT2D eigenvalue weighted by Gasteiger charge is -2.02. The number of rotatable bonds is 7. The molecule has 3 rings (SSSR count). The van der Waals surface area contributed by atoms with Crippen LogP contribution >= 0.6 is 11.6 Å². The monoisotopic (exact) mass is 373 g/mol. The Morgan fingerprint density at radius 1 is 1.15 bits per heavy atom. The largest absolute Gasteiger partial charge is 0.481 e. The molecule has 8 nitrogen and oxygen atoms in total. The van der Waals surface area contributed by atoms with Gasteiger partial charge in [0.15, 0.2) is 5.69 Å². The summed E-state index contributed by atoms with van der Waals surface area (Å²) in [5, 5.41) is 20.3. The van der Waals surface area contributed by atoms with E-state index in [1.165, 1.54) is 10.7 Å². The molecule has 0 fully saturated rings. The number of aromatic nitrogens is 4. The summed E-state index contributed by atoms with van der Waals surface area (Å²) in [4.78, 5) is 22.8. The molecule has 0 spiro atoms. The van der Waals surface area contributed by atoms with Gasteiger partial charge in [-0.2, -0.15) is 10.2 Å². The standard InChI is InChI=1S/C17H16ClN5O3/c18-13-3-1-12(2-4-13)10-23-11-14(9-19-23)20-17(26)15-5-7-22(21-15)8-6-16(24)25/h1-5,7,9,11H,6,8,10H2,(H,20,26)(H,24,25). The molecule has 9 heteroatoms. The number of aliphatic carboxylic acids is 1. The van der Waals surface area contributed by atoms with Crippen molar-refractivity contribution in [2.75, 3.05) is 5.32 Å². The summed E-state index contributed by atoms with van der Waals surface area (Å²) in [6, 6.07) is 8.97. The summed E-state index contributed by atoms with van der Waals surface area (Å²) in [6.45, 7) is 0.762. The van der Waals surface area contributed by atoms with Gasteiger partial charge < -0.3 is 10.4 Å². The first kappa shape index (κ1) is 17.7. The molecular formula is C17H16ClN5O3. The Labute approximate surface area is 154 Å². The molecule has 2 heterocycles. The van der Waals surface area contributed by atoms with E-state index >= 15 is 0 Å². The molecule has 0 aliphatic heterocycles. The summed E-state index contributed by atoms with van der Waals surface area (Å²) >= 11 is 5.86. The Bertz CT molecular complexity index is 917. The van der Waals surface area contributed by atoms with Gasteiger partial charge in [-0.05, 0) is 23.8 Å². The lowest BCUT2D eigenvalue weighted by molar-refractivity contribution is -0.137. The molecule has 3 aromatic rings. The third kappa shape index (κ3) is 4.70. The van der Waals surface area contributed by atoms with Gasteiger partial charge in [-0.25, -0.2) is 0 Å². The number of anilines is 1. The van der Waals surface area contributed by atoms with Crippen molar-refractivity contribution >= 4 is 29.2 Å². The first-order valence-corrected chi connectivity index (χ1v) is 8.21. The van der Waals surface area contributed by atoms with Crippen LogP contribution in [-0.4, -0.2) is 36.5 Å². The fraction of sp³-hybridized carbons (Fsp3) is 0.176. The Hall–Kier alpha value is -3.13. The first-order chi connectivity index (χ1) is 12.5. The van der Waals surface area contributed by atoms with E-state index in [9.17, 15) is 9.59 Å². The molecule has 0 unspecified atom stereocenters. The van der Waals surface area contributed by atoms with Gasteiger partial charge >= 0.3 is 5.97 Å². The molecule has 2 N–H and O–H groups in total. The highest BCUT2D eigenvalue weighted by molar-refractivity contribution is 6.30. The summed E-state index contributed by atoms with van der Waals surface area (Å²) < 4.78 is 3.12. The van der Waals surface area contributed by atoms with Crippen LogP contribution in [0, 0.1) is 0 Å². The molecule has 2 aromatic heterocycles. The third-order valence-corrected chi connectivity index (χ3v) is 3.83. The maximum Gasteiger partial charge on any atom is 0.305 e. The summed E-state index contributed by atoms with van der Waals surface area (Å²) in [6.07, 6.45) is 4.78. The summed E-state index contributed by atoms with van der Waals surface area (Å²) in [5.74, 6) is -1.30. The predicted molar refractivity (Wildman–Crippen MR) is 95.2 cm³/mol. The van der Waals surface area contributed by atoms with Gasteiger partial charge in [0.2, 0.25) is 0 Å². The van der Waals surface area contributed by atoms with Crippen molar-refractivity contribution in [3.8, 4) is 0 Å². The maximum atomic E-state index is 12.2. The zero-order chi connectivity index (χ0) is 18.5. The van der Waals surface area contributed by atoms with Crippen LogP contribution in [0.1, 0.15) is 22.5 Å². The van der Waals surface area contributed by atoms with E-state index < -0.39 is 5.97 Å². The molecule has 0 saturated heterocycles. The van der Waals surface area contributed by atoms with Crippen LogP contribution in [0.15, 0.2) is 48.9 Å². The quantitative estimate of drug-likeness (QED) is 0.662. The second-order valence-electron chi connectivity index (χ2n) is 5.61. The predicted octanol–water partition coefficient (Wildman–Crippen LogP) is 2.51. The van der Waals surface area contributed by atoms with Crippen LogP contribution in [0.25, 0.3) is 0 Å². The third-order valence-electron chi connectivity index (χ3n) is 3.58.